The van der Waals surface area contributed by atoms with Gasteiger partial charge in [0, 0.05) is 12.5 Å². The highest BCUT2D eigenvalue weighted by Gasteiger charge is 2.05. The number of hydrogen-bond acceptors (Lipinski definition) is 2. The average Bonchev–Trinajstić information content (AvgIpc) is 2.36. The molecule has 68 valence electrons. The summed E-state index contributed by atoms with van der Waals surface area (Å²) in [4.78, 5) is 0. The van der Waals surface area contributed by atoms with Gasteiger partial charge in [-0.1, -0.05) is 13.3 Å². The summed E-state index contributed by atoms with van der Waals surface area (Å²) in [5, 5.41) is 0. The highest BCUT2D eigenvalue weighted by molar-refractivity contribution is 5.06. The zero-order valence-corrected chi connectivity index (χ0v) is 7.84. The molecule has 0 aliphatic rings. The molecule has 0 bridgehead atoms. The van der Waals surface area contributed by atoms with Crippen molar-refractivity contribution in [2.45, 2.75) is 39.2 Å². The standard InChI is InChI=1S/C10H17NO/c1-3-4-9(11)7-10-6-5-8(2)12-10/h5-6,9H,3-4,7,11H2,1-2H3. The predicted molar refractivity (Wildman–Crippen MR) is 50.0 cm³/mol. The van der Waals surface area contributed by atoms with Crippen molar-refractivity contribution in [3.8, 4) is 0 Å². The molecule has 1 aromatic rings. The number of furan rings is 1. The summed E-state index contributed by atoms with van der Waals surface area (Å²) in [6.45, 7) is 4.10. The van der Waals surface area contributed by atoms with Crippen LogP contribution in [-0.2, 0) is 6.42 Å². The first kappa shape index (κ1) is 9.33. The van der Waals surface area contributed by atoms with E-state index in [1.54, 1.807) is 0 Å². The van der Waals surface area contributed by atoms with Crippen LogP contribution in [0.25, 0.3) is 0 Å². The Morgan fingerprint density at radius 3 is 2.75 bits per heavy atom. The Balaban J connectivity index is 2.41. The van der Waals surface area contributed by atoms with Crippen LogP contribution in [0.15, 0.2) is 16.5 Å². The Morgan fingerprint density at radius 1 is 1.50 bits per heavy atom. The molecule has 0 aliphatic carbocycles. The van der Waals surface area contributed by atoms with E-state index in [0.29, 0.717) is 0 Å². The van der Waals surface area contributed by atoms with Crippen molar-refractivity contribution in [2.24, 2.45) is 5.73 Å². The van der Waals surface area contributed by atoms with Gasteiger partial charge in [-0.15, -0.1) is 0 Å². The fourth-order valence-corrected chi connectivity index (χ4v) is 1.33. The van der Waals surface area contributed by atoms with Crippen molar-refractivity contribution in [1.29, 1.82) is 0 Å². The van der Waals surface area contributed by atoms with Gasteiger partial charge in [0.1, 0.15) is 11.5 Å². The van der Waals surface area contributed by atoms with E-state index in [1.165, 1.54) is 0 Å². The summed E-state index contributed by atoms with van der Waals surface area (Å²) in [5.41, 5.74) is 5.87. The van der Waals surface area contributed by atoms with Gasteiger partial charge >= 0.3 is 0 Å². The smallest absolute Gasteiger partial charge is 0.105 e. The van der Waals surface area contributed by atoms with E-state index < -0.39 is 0 Å². The third kappa shape index (κ3) is 2.70. The van der Waals surface area contributed by atoms with Crippen LogP contribution in [0.4, 0.5) is 0 Å². The van der Waals surface area contributed by atoms with E-state index in [0.717, 1.165) is 30.8 Å². The molecule has 1 atom stereocenters. The normalized spacial score (nSPS) is 13.2. The summed E-state index contributed by atoms with van der Waals surface area (Å²) >= 11 is 0. The van der Waals surface area contributed by atoms with Gasteiger partial charge in [-0.3, -0.25) is 0 Å². The van der Waals surface area contributed by atoms with Gasteiger partial charge in [0.15, 0.2) is 0 Å². The van der Waals surface area contributed by atoms with E-state index in [4.69, 9.17) is 10.2 Å². The van der Waals surface area contributed by atoms with Gasteiger partial charge in [0.25, 0.3) is 0 Å². The highest BCUT2D eigenvalue weighted by Crippen LogP contribution is 2.09. The number of rotatable bonds is 4. The summed E-state index contributed by atoms with van der Waals surface area (Å²) in [5.74, 6) is 1.97. The fourth-order valence-electron chi connectivity index (χ4n) is 1.33. The van der Waals surface area contributed by atoms with Crippen molar-refractivity contribution in [3.63, 3.8) is 0 Å². The minimum absolute atomic E-state index is 0.251. The highest BCUT2D eigenvalue weighted by atomic mass is 16.3. The van der Waals surface area contributed by atoms with E-state index in [-0.39, 0.29) is 6.04 Å². The molecule has 1 unspecified atom stereocenters. The van der Waals surface area contributed by atoms with Crippen molar-refractivity contribution in [2.75, 3.05) is 0 Å². The zero-order chi connectivity index (χ0) is 8.97. The lowest BCUT2D eigenvalue weighted by Crippen LogP contribution is -2.21. The molecule has 0 amide bonds. The van der Waals surface area contributed by atoms with E-state index in [2.05, 4.69) is 6.92 Å². The van der Waals surface area contributed by atoms with Crippen molar-refractivity contribution in [1.82, 2.24) is 0 Å². The molecule has 0 fully saturated rings. The lowest BCUT2D eigenvalue weighted by Gasteiger charge is -2.06. The molecular formula is C10H17NO. The molecule has 12 heavy (non-hydrogen) atoms. The molecule has 2 nitrogen and oxygen atoms in total. The summed E-state index contributed by atoms with van der Waals surface area (Å²) in [6, 6.07) is 4.24. The quantitative estimate of drug-likeness (QED) is 0.747. The second-order valence-corrected chi connectivity index (χ2v) is 3.27. The summed E-state index contributed by atoms with van der Waals surface area (Å²) in [6.07, 6.45) is 3.07. The largest absolute Gasteiger partial charge is 0.466 e. The maximum Gasteiger partial charge on any atom is 0.105 e. The number of hydrogen-bond donors (Lipinski definition) is 1. The topological polar surface area (TPSA) is 39.2 Å². The third-order valence-electron chi connectivity index (χ3n) is 1.92. The molecule has 0 saturated carbocycles. The monoisotopic (exact) mass is 167 g/mol. The minimum atomic E-state index is 0.251. The van der Waals surface area contributed by atoms with Crippen molar-refractivity contribution >= 4 is 0 Å². The van der Waals surface area contributed by atoms with E-state index in [9.17, 15) is 0 Å². The minimum Gasteiger partial charge on any atom is -0.466 e. The Hall–Kier alpha value is -0.760. The first-order chi connectivity index (χ1) is 5.72. The van der Waals surface area contributed by atoms with Gasteiger partial charge in [-0.2, -0.15) is 0 Å². The Morgan fingerprint density at radius 2 is 2.25 bits per heavy atom. The van der Waals surface area contributed by atoms with Crippen LogP contribution in [0.1, 0.15) is 31.3 Å². The van der Waals surface area contributed by atoms with Crippen LogP contribution in [0.3, 0.4) is 0 Å². The molecule has 2 heteroatoms. The van der Waals surface area contributed by atoms with Crippen LogP contribution in [0, 0.1) is 6.92 Å². The number of nitrogens with two attached hydrogens (primary N) is 1. The van der Waals surface area contributed by atoms with Crippen LogP contribution in [0.2, 0.25) is 0 Å². The Labute approximate surface area is 73.8 Å². The van der Waals surface area contributed by atoms with Crippen molar-refractivity contribution < 1.29 is 4.42 Å². The Kier molecular flexibility index (Phi) is 3.35. The molecule has 0 aromatic carbocycles. The first-order valence-corrected chi connectivity index (χ1v) is 4.53. The van der Waals surface area contributed by atoms with E-state index in [1.807, 2.05) is 19.1 Å². The van der Waals surface area contributed by atoms with Gasteiger partial charge < -0.3 is 10.2 Å². The lowest BCUT2D eigenvalue weighted by atomic mass is 10.1. The molecular weight excluding hydrogens is 150 g/mol. The fraction of sp³-hybridized carbons (Fsp3) is 0.600. The van der Waals surface area contributed by atoms with Crippen LogP contribution >= 0.6 is 0 Å². The second-order valence-electron chi connectivity index (χ2n) is 3.27. The molecule has 1 aromatic heterocycles. The van der Waals surface area contributed by atoms with Gasteiger partial charge in [-0.25, -0.2) is 0 Å². The number of aryl methyl sites for hydroxylation is 1. The predicted octanol–water partition coefficient (Wildman–Crippen LogP) is 2.26. The van der Waals surface area contributed by atoms with Gasteiger partial charge in [0.05, 0.1) is 0 Å². The van der Waals surface area contributed by atoms with Crippen LogP contribution < -0.4 is 5.73 Å². The second kappa shape index (κ2) is 4.31. The van der Waals surface area contributed by atoms with Crippen LogP contribution in [0.5, 0.6) is 0 Å². The molecule has 0 radical (unpaired) electrons. The maximum absolute atomic E-state index is 5.87. The SMILES string of the molecule is CCCC(N)Cc1ccc(C)o1. The molecule has 2 N–H and O–H groups in total. The lowest BCUT2D eigenvalue weighted by molar-refractivity contribution is 0.454. The van der Waals surface area contributed by atoms with Crippen LogP contribution in [-0.4, -0.2) is 6.04 Å². The molecule has 1 rings (SSSR count). The van der Waals surface area contributed by atoms with Gasteiger partial charge in [0.2, 0.25) is 0 Å². The summed E-state index contributed by atoms with van der Waals surface area (Å²) in [7, 11) is 0. The first-order valence-electron chi connectivity index (χ1n) is 4.53. The van der Waals surface area contributed by atoms with E-state index >= 15 is 0 Å². The molecule has 0 aliphatic heterocycles. The Bertz CT molecular complexity index is 229. The molecule has 0 saturated heterocycles. The zero-order valence-electron chi connectivity index (χ0n) is 7.84. The third-order valence-corrected chi connectivity index (χ3v) is 1.92. The van der Waals surface area contributed by atoms with Gasteiger partial charge in [-0.05, 0) is 25.5 Å². The summed E-state index contributed by atoms with van der Waals surface area (Å²) < 4.78 is 5.42. The average molecular weight is 167 g/mol. The van der Waals surface area contributed by atoms with Crippen molar-refractivity contribution in [3.05, 3.63) is 23.7 Å². The molecule has 1 heterocycles. The molecule has 0 spiro atoms. The maximum atomic E-state index is 5.87.